The second kappa shape index (κ2) is 12.3. The van der Waals surface area contributed by atoms with Crippen molar-refractivity contribution < 1.29 is 9.59 Å². The highest BCUT2D eigenvalue weighted by atomic mass is 16.2. The van der Waals surface area contributed by atoms with Crippen LogP contribution in [0.1, 0.15) is 79.1 Å². The molecule has 0 aromatic rings. The van der Waals surface area contributed by atoms with Gasteiger partial charge in [-0.1, -0.05) is 65.7 Å². The largest absolute Gasteiger partial charge is 0.368 e. The van der Waals surface area contributed by atoms with Crippen LogP contribution in [0.3, 0.4) is 0 Å². The highest BCUT2D eigenvalue weighted by Gasteiger charge is 2.31. The Morgan fingerprint density at radius 2 is 1.39 bits per heavy atom. The minimum absolute atomic E-state index is 0.00996. The fourth-order valence-corrected chi connectivity index (χ4v) is 2.91. The van der Waals surface area contributed by atoms with Crippen molar-refractivity contribution in [1.82, 2.24) is 4.90 Å². The number of rotatable bonds is 13. The van der Waals surface area contributed by atoms with Crippen molar-refractivity contribution in [1.29, 1.82) is 0 Å². The summed E-state index contributed by atoms with van der Waals surface area (Å²) in [4.78, 5) is 25.6. The molecule has 4 N–H and O–H groups in total. The molecular weight excluding hydrogens is 290 g/mol. The minimum Gasteiger partial charge on any atom is -0.368 e. The lowest BCUT2D eigenvalue weighted by atomic mass is 10.00. The number of hydrogen-bond acceptors (Lipinski definition) is 3. The van der Waals surface area contributed by atoms with Crippen molar-refractivity contribution in [3.63, 3.8) is 0 Å². The topological polar surface area (TPSA) is 89.4 Å². The summed E-state index contributed by atoms with van der Waals surface area (Å²) in [6.07, 6.45) is 9.54. The van der Waals surface area contributed by atoms with Crippen LogP contribution < -0.4 is 11.5 Å². The zero-order valence-corrected chi connectivity index (χ0v) is 15.5. The minimum atomic E-state index is -0.607. The van der Waals surface area contributed by atoms with Gasteiger partial charge >= 0.3 is 0 Å². The molecule has 0 aromatic carbocycles. The van der Waals surface area contributed by atoms with Crippen molar-refractivity contribution in [3.05, 3.63) is 0 Å². The molecule has 0 spiro atoms. The highest BCUT2D eigenvalue weighted by Crippen LogP contribution is 2.15. The van der Waals surface area contributed by atoms with E-state index in [1.54, 1.807) is 11.8 Å². The fraction of sp³-hybridized carbons (Fsp3) is 0.889. The van der Waals surface area contributed by atoms with Crippen LogP contribution in [-0.4, -0.2) is 35.3 Å². The van der Waals surface area contributed by atoms with Gasteiger partial charge in [0.25, 0.3) is 0 Å². The van der Waals surface area contributed by atoms with Gasteiger partial charge in [0.05, 0.1) is 6.04 Å². The van der Waals surface area contributed by atoms with Gasteiger partial charge < -0.3 is 16.4 Å². The standard InChI is InChI=1S/C18H37N3O2/c1-5-6-7-8-9-10-11-12-13-21(18(23)15(4)19)16(14(2)3)17(20)22/h14-16H,5-13,19H2,1-4H3,(H2,20,22)/t15-,16-/m0/s1. The summed E-state index contributed by atoms with van der Waals surface area (Å²) in [5, 5.41) is 0. The van der Waals surface area contributed by atoms with Gasteiger partial charge in [-0.15, -0.1) is 0 Å². The second-order valence-electron chi connectivity index (χ2n) is 6.89. The lowest BCUT2D eigenvalue weighted by Gasteiger charge is -2.33. The molecule has 23 heavy (non-hydrogen) atoms. The van der Waals surface area contributed by atoms with Crippen molar-refractivity contribution in [2.45, 2.75) is 91.1 Å². The van der Waals surface area contributed by atoms with Crippen LogP contribution in [0.5, 0.6) is 0 Å². The maximum atomic E-state index is 12.3. The van der Waals surface area contributed by atoms with E-state index in [0.717, 1.165) is 12.8 Å². The van der Waals surface area contributed by atoms with Gasteiger partial charge in [-0.05, 0) is 19.3 Å². The fourth-order valence-electron chi connectivity index (χ4n) is 2.91. The number of carbonyl (C=O) groups excluding carboxylic acids is 2. The Morgan fingerprint density at radius 3 is 1.78 bits per heavy atom. The van der Waals surface area contributed by atoms with E-state index in [0.29, 0.717) is 6.54 Å². The molecule has 5 heteroatoms. The van der Waals surface area contributed by atoms with E-state index in [2.05, 4.69) is 6.92 Å². The SMILES string of the molecule is CCCCCCCCCCN(C(=O)[C@H](C)N)[C@H](C(N)=O)C(C)C. The molecule has 2 atom stereocenters. The summed E-state index contributed by atoms with van der Waals surface area (Å²) in [5.74, 6) is -0.650. The van der Waals surface area contributed by atoms with Crippen LogP contribution in [0.15, 0.2) is 0 Å². The normalized spacial score (nSPS) is 13.8. The van der Waals surface area contributed by atoms with E-state index >= 15 is 0 Å². The van der Waals surface area contributed by atoms with Crippen molar-refractivity contribution in [2.24, 2.45) is 17.4 Å². The molecule has 0 unspecified atom stereocenters. The van der Waals surface area contributed by atoms with E-state index < -0.39 is 18.0 Å². The number of carbonyl (C=O) groups is 2. The molecular formula is C18H37N3O2. The first kappa shape index (κ1) is 21.9. The molecule has 136 valence electrons. The summed E-state index contributed by atoms with van der Waals surface area (Å²) >= 11 is 0. The summed E-state index contributed by atoms with van der Waals surface area (Å²) in [5.41, 5.74) is 11.2. The molecule has 0 saturated carbocycles. The van der Waals surface area contributed by atoms with Gasteiger partial charge in [0.15, 0.2) is 0 Å². The Kier molecular flexibility index (Phi) is 11.7. The van der Waals surface area contributed by atoms with Crippen molar-refractivity contribution >= 4 is 11.8 Å². The van der Waals surface area contributed by atoms with Crippen LogP contribution in [0.25, 0.3) is 0 Å². The Bertz CT molecular complexity index is 343. The molecule has 0 saturated heterocycles. The number of primary amides is 1. The Hall–Kier alpha value is -1.10. The average Bonchev–Trinajstić information content (AvgIpc) is 2.46. The summed E-state index contributed by atoms with van der Waals surface area (Å²) in [6.45, 7) is 8.24. The van der Waals surface area contributed by atoms with Crippen LogP contribution >= 0.6 is 0 Å². The smallest absolute Gasteiger partial charge is 0.240 e. The number of unbranched alkanes of at least 4 members (excludes halogenated alkanes) is 7. The quantitative estimate of drug-likeness (QED) is 0.510. The van der Waals surface area contributed by atoms with Gasteiger partial charge in [-0.2, -0.15) is 0 Å². The van der Waals surface area contributed by atoms with Crippen LogP contribution in [0.4, 0.5) is 0 Å². The molecule has 0 aromatic heterocycles. The van der Waals surface area contributed by atoms with E-state index in [1.165, 1.54) is 38.5 Å². The molecule has 5 nitrogen and oxygen atoms in total. The maximum Gasteiger partial charge on any atom is 0.240 e. The third-order valence-electron chi connectivity index (χ3n) is 4.18. The number of nitrogens with two attached hydrogens (primary N) is 2. The first-order valence-electron chi connectivity index (χ1n) is 9.18. The summed E-state index contributed by atoms with van der Waals surface area (Å²) < 4.78 is 0. The Morgan fingerprint density at radius 1 is 0.913 bits per heavy atom. The molecule has 2 amide bonds. The maximum absolute atomic E-state index is 12.3. The third-order valence-corrected chi connectivity index (χ3v) is 4.18. The summed E-state index contributed by atoms with van der Waals surface area (Å²) in [6, 6.07) is -1.18. The zero-order valence-electron chi connectivity index (χ0n) is 15.5. The third kappa shape index (κ3) is 8.94. The van der Waals surface area contributed by atoms with Crippen molar-refractivity contribution in [2.75, 3.05) is 6.54 Å². The number of nitrogens with zero attached hydrogens (tertiary/aromatic N) is 1. The first-order chi connectivity index (χ1) is 10.8. The predicted octanol–water partition coefficient (Wildman–Crippen LogP) is 2.81. The summed E-state index contributed by atoms with van der Waals surface area (Å²) in [7, 11) is 0. The first-order valence-corrected chi connectivity index (χ1v) is 9.18. The Labute approximate surface area is 142 Å². The highest BCUT2D eigenvalue weighted by molar-refractivity contribution is 5.89. The second-order valence-corrected chi connectivity index (χ2v) is 6.89. The van der Waals surface area contributed by atoms with E-state index in [4.69, 9.17) is 11.5 Å². The molecule has 0 aliphatic rings. The molecule has 0 heterocycles. The van der Waals surface area contributed by atoms with E-state index in [9.17, 15) is 9.59 Å². The number of hydrogen-bond donors (Lipinski definition) is 2. The number of amides is 2. The van der Waals surface area contributed by atoms with Gasteiger partial charge in [0.1, 0.15) is 6.04 Å². The Balaban J connectivity index is 4.39. The molecule has 0 radical (unpaired) electrons. The van der Waals surface area contributed by atoms with Crippen molar-refractivity contribution in [3.8, 4) is 0 Å². The van der Waals surface area contributed by atoms with Gasteiger partial charge in [0.2, 0.25) is 11.8 Å². The van der Waals surface area contributed by atoms with E-state index in [-0.39, 0.29) is 11.8 Å². The predicted molar refractivity (Wildman–Crippen MR) is 95.8 cm³/mol. The van der Waals surface area contributed by atoms with E-state index in [1.807, 2.05) is 13.8 Å². The lowest BCUT2D eigenvalue weighted by molar-refractivity contribution is -0.141. The zero-order chi connectivity index (χ0) is 17.8. The average molecular weight is 328 g/mol. The monoisotopic (exact) mass is 327 g/mol. The molecule has 0 bridgehead atoms. The molecule has 0 aliphatic carbocycles. The van der Waals surface area contributed by atoms with Gasteiger partial charge in [-0.3, -0.25) is 9.59 Å². The van der Waals surface area contributed by atoms with Crippen LogP contribution in [-0.2, 0) is 9.59 Å². The molecule has 0 fully saturated rings. The van der Waals surface area contributed by atoms with Gasteiger partial charge in [0, 0.05) is 6.54 Å². The van der Waals surface area contributed by atoms with Gasteiger partial charge in [-0.25, -0.2) is 0 Å². The molecule has 0 aliphatic heterocycles. The van der Waals surface area contributed by atoms with Crippen LogP contribution in [0.2, 0.25) is 0 Å². The molecule has 0 rings (SSSR count). The van der Waals surface area contributed by atoms with Crippen LogP contribution in [0, 0.1) is 5.92 Å². The lowest BCUT2D eigenvalue weighted by Crippen LogP contribution is -2.54.